The summed E-state index contributed by atoms with van der Waals surface area (Å²) in [7, 11) is 1.93. The number of nitrogens with zero attached hydrogens (tertiary/aromatic N) is 3. The van der Waals surface area contributed by atoms with Crippen LogP contribution in [0.2, 0.25) is 0 Å². The van der Waals surface area contributed by atoms with Crippen LogP contribution in [0.3, 0.4) is 0 Å². The van der Waals surface area contributed by atoms with Crippen molar-refractivity contribution in [3.63, 3.8) is 0 Å². The molecular formula is C11H14N4S. The first-order valence-corrected chi connectivity index (χ1v) is 6.37. The Balaban J connectivity index is 1.63. The van der Waals surface area contributed by atoms with Gasteiger partial charge in [0.1, 0.15) is 5.82 Å². The quantitative estimate of drug-likeness (QED) is 0.883. The minimum absolute atomic E-state index is 0.760. The fourth-order valence-corrected chi connectivity index (χ4v) is 2.64. The molecule has 0 amide bonds. The molecule has 0 bridgehead atoms. The van der Waals surface area contributed by atoms with E-state index in [-0.39, 0.29) is 0 Å². The molecule has 0 aromatic carbocycles. The summed E-state index contributed by atoms with van der Waals surface area (Å²) in [6.07, 6.45) is 4.43. The maximum atomic E-state index is 4.63. The zero-order chi connectivity index (χ0) is 11.0. The van der Waals surface area contributed by atoms with Gasteiger partial charge < -0.3 is 5.32 Å². The molecule has 2 aromatic rings. The third-order valence-corrected chi connectivity index (χ3v) is 3.82. The van der Waals surface area contributed by atoms with Gasteiger partial charge in [0.25, 0.3) is 0 Å². The van der Waals surface area contributed by atoms with Crippen molar-refractivity contribution >= 4 is 17.2 Å². The Kier molecular flexibility index (Phi) is 2.40. The van der Waals surface area contributed by atoms with Crippen LogP contribution in [-0.2, 0) is 13.6 Å². The first-order chi connectivity index (χ1) is 7.83. The number of thiazole rings is 1. The minimum atomic E-state index is 0.760. The van der Waals surface area contributed by atoms with Gasteiger partial charge in [-0.05, 0) is 12.8 Å². The van der Waals surface area contributed by atoms with Crippen molar-refractivity contribution in [3.05, 3.63) is 28.3 Å². The van der Waals surface area contributed by atoms with E-state index in [4.69, 9.17) is 0 Å². The van der Waals surface area contributed by atoms with Crippen molar-refractivity contribution in [3.8, 4) is 0 Å². The van der Waals surface area contributed by atoms with Gasteiger partial charge in [-0.25, -0.2) is 4.98 Å². The minimum Gasteiger partial charge on any atom is -0.365 e. The van der Waals surface area contributed by atoms with Crippen LogP contribution in [-0.4, -0.2) is 14.8 Å². The maximum Gasteiger partial charge on any atom is 0.124 e. The topological polar surface area (TPSA) is 42.7 Å². The third kappa shape index (κ3) is 1.95. The lowest BCUT2D eigenvalue weighted by molar-refractivity contribution is 0.767. The van der Waals surface area contributed by atoms with Crippen LogP contribution in [0, 0.1) is 0 Å². The fourth-order valence-electron chi connectivity index (χ4n) is 1.65. The molecule has 1 aliphatic rings. The molecule has 4 nitrogen and oxygen atoms in total. The second kappa shape index (κ2) is 3.90. The smallest absolute Gasteiger partial charge is 0.124 e. The SMILES string of the molecule is Cn1nccc1NCc1csc(C2CC2)n1. The van der Waals surface area contributed by atoms with Gasteiger partial charge in [-0.3, -0.25) is 4.68 Å². The number of aryl methyl sites for hydroxylation is 1. The van der Waals surface area contributed by atoms with E-state index < -0.39 is 0 Å². The summed E-state index contributed by atoms with van der Waals surface area (Å²) in [5.74, 6) is 1.79. The number of aromatic nitrogens is 3. The molecule has 3 rings (SSSR count). The lowest BCUT2D eigenvalue weighted by Crippen LogP contribution is -2.04. The summed E-state index contributed by atoms with van der Waals surface area (Å²) in [5.41, 5.74) is 1.13. The van der Waals surface area contributed by atoms with Crippen molar-refractivity contribution in [2.45, 2.75) is 25.3 Å². The number of hydrogen-bond acceptors (Lipinski definition) is 4. The summed E-state index contributed by atoms with van der Waals surface area (Å²) in [5, 5.41) is 10.9. The normalized spacial score (nSPS) is 15.3. The predicted molar refractivity (Wildman–Crippen MR) is 64.6 cm³/mol. The standard InChI is InChI=1S/C11H14N4S/c1-15-10(4-5-13-15)12-6-9-7-16-11(14-9)8-2-3-8/h4-5,7-8,12H,2-3,6H2,1H3. The zero-order valence-corrected chi connectivity index (χ0v) is 10.00. The van der Waals surface area contributed by atoms with Crippen molar-refractivity contribution in [2.75, 3.05) is 5.32 Å². The van der Waals surface area contributed by atoms with E-state index in [1.54, 1.807) is 17.5 Å². The summed E-state index contributed by atoms with van der Waals surface area (Å²) >= 11 is 1.79. The van der Waals surface area contributed by atoms with Crippen LogP contribution >= 0.6 is 11.3 Å². The first kappa shape index (κ1) is 9.84. The molecule has 2 aromatic heterocycles. The van der Waals surface area contributed by atoms with E-state index in [2.05, 4.69) is 20.8 Å². The number of rotatable bonds is 4. The average Bonchev–Trinajstić information content (AvgIpc) is 2.89. The van der Waals surface area contributed by atoms with Crippen molar-refractivity contribution in [2.24, 2.45) is 7.05 Å². The Bertz CT molecular complexity index is 484. The molecule has 84 valence electrons. The molecule has 5 heteroatoms. The first-order valence-electron chi connectivity index (χ1n) is 5.49. The lowest BCUT2D eigenvalue weighted by atomic mass is 10.4. The Morgan fingerprint density at radius 3 is 3.12 bits per heavy atom. The predicted octanol–water partition coefficient (Wildman–Crippen LogP) is 2.37. The highest BCUT2D eigenvalue weighted by Crippen LogP contribution is 2.41. The summed E-state index contributed by atoms with van der Waals surface area (Å²) in [6, 6.07) is 1.97. The Labute approximate surface area is 98.3 Å². The van der Waals surface area contributed by atoms with Crippen LogP contribution in [0.15, 0.2) is 17.6 Å². The molecule has 2 heterocycles. The van der Waals surface area contributed by atoms with Gasteiger partial charge in [0, 0.05) is 24.4 Å². The average molecular weight is 234 g/mol. The van der Waals surface area contributed by atoms with Gasteiger partial charge in [-0.15, -0.1) is 11.3 Å². The fraction of sp³-hybridized carbons (Fsp3) is 0.455. The monoisotopic (exact) mass is 234 g/mol. The highest BCUT2D eigenvalue weighted by atomic mass is 32.1. The van der Waals surface area contributed by atoms with Crippen molar-refractivity contribution in [1.82, 2.24) is 14.8 Å². The molecule has 16 heavy (non-hydrogen) atoms. The molecule has 0 aliphatic heterocycles. The molecule has 1 fully saturated rings. The zero-order valence-electron chi connectivity index (χ0n) is 9.18. The lowest BCUT2D eigenvalue weighted by Gasteiger charge is -2.03. The molecule has 1 N–H and O–H groups in total. The number of hydrogen-bond donors (Lipinski definition) is 1. The number of nitrogens with one attached hydrogen (secondary N) is 1. The van der Waals surface area contributed by atoms with Gasteiger partial charge in [-0.1, -0.05) is 0 Å². The van der Waals surface area contributed by atoms with E-state index in [0.29, 0.717) is 0 Å². The van der Waals surface area contributed by atoms with Crippen molar-refractivity contribution in [1.29, 1.82) is 0 Å². The molecule has 0 radical (unpaired) electrons. The molecule has 0 spiro atoms. The Morgan fingerprint density at radius 1 is 1.56 bits per heavy atom. The van der Waals surface area contributed by atoms with Gasteiger partial charge in [0.15, 0.2) is 0 Å². The van der Waals surface area contributed by atoms with Crippen LogP contribution < -0.4 is 5.32 Å². The van der Waals surface area contributed by atoms with Crippen LogP contribution in [0.5, 0.6) is 0 Å². The summed E-state index contributed by atoms with van der Waals surface area (Å²) < 4.78 is 1.83. The van der Waals surface area contributed by atoms with E-state index >= 15 is 0 Å². The van der Waals surface area contributed by atoms with E-state index in [0.717, 1.165) is 24.0 Å². The molecule has 0 saturated heterocycles. The second-order valence-corrected chi connectivity index (χ2v) is 5.03. The van der Waals surface area contributed by atoms with Crippen molar-refractivity contribution < 1.29 is 0 Å². The molecule has 1 aliphatic carbocycles. The molecular weight excluding hydrogens is 220 g/mol. The van der Waals surface area contributed by atoms with E-state index in [9.17, 15) is 0 Å². The number of anilines is 1. The van der Waals surface area contributed by atoms with Gasteiger partial charge in [0.05, 0.1) is 23.4 Å². The van der Waals surface area contributed by atoms with Gasteiger partial charge in [-0.2, -0.15) is 5.10 Å². The third-order valence-electron chi connectivity index (χ3n) is 2.77. The summed E-state index contributed by atoms with van der Waals surface area (Å²) in [6.45, 7) is 0.781. The van der Waals surface area contributed by atoms with E-state index in [1.165, 1.54) is 17.8 Å². The molecule has 0 atom stereocenters. The highest BCUT2D eigenvalue weighted by molar-refractivity contribution is 7.09. The Hall–Kier alpha value is -1.36. The van der Waals surface area contributed by atoms with Crippen LogP contribution in [0.4, 0.5) is 5.82 Å². The second-order valence-electron chi connectivity index (χ2n) is 4.14. The molecule has 0 unspecified atom stereocenters. The van der Waals surface area contributed by atoms with Crippen LogP contribution in [0.25, 0.3) is 0 Å². The largest absolute Gasteiger partial charge is 0.365 e. The maximum absolute atomic E-state index is 4.63. The van der Waals surface area contributed by atoms with Gasteiger partial charge >= 0.3 is 0 Å². The summed E-state index contributed by atoms with van der Waals surface area (Å²) in [4.78, 5) is 4.63. The Morgan fingerprint density at radius 2 is 2.44 bits per heavy atom. The van der Waals surface area contributed by atoms with E-state index in [1.807, 2.05) is 17.8 Å². The van der Waals surface area contributed by atoms with Gasteiger partial charge in [0.2, 0.25) is 0 Å². The highest BCUT2D eigenvalue weighted by Gasteiger charge is 2.26. The molecule has 1 saturated carbocycles. The van der Waals surface area contributed by atoms with Crippen LogP contribution in [0.1, 0.15) is 29.5 Å².